The van der Waals surface area contributed by atoms with Gasteiger partial charge in [-0.3, -0.25) is 19.1 Å². The Morgan fingerprint density at radius 1 is 0.706 bits per heavy atom. The Bertz CT molecular complexity index is 2000. The smallest absolute Gasteiger partial charge is 0.388 e. The molecule has 0 aliphatic heterocycles. The zero-order valence-corrected chi connectivity index (χ0v) is 27.0. The predicted molar refractivity (Wildman–Crippen MR) is 163 cm³/mol. The van der Waals surface area contributed by atoms with Gasteiger partial charge in [0, 0.05) is 38.6 Å². The minimum atomic E-state index is -3.06. The normalized spacial score (nSPS) is 10.8. The number of amides is 1. The highest BCUT2D eigenvalue weighted by Gasteiger charge is 2.21. The third-order valence-corrected chi connectivity index (χ3v) is 6.57. The van der Waals surface area contributed by atoms with Gasteiger partial charge in [0.15, 0.2) is 23.0 Å². The number of nitrogens with one attached hydrogen (secondary N) is 1. The Hall–Kier alpha value is -6.41. The maximum Gasteiger partial charge on any atom is 0.388 e. The van der Waals surface area contributed by atoms with E-state index in [1.165, 1.54) is 68.3 Å². The Labute approximate surface area is 283 Å². The van der Waals surface area contributed by atoms with Gasteiger partial charge < -0.3 is 29.0 Å². The van der Waals surface area contributed by atoms with Crippen molar-refractivity contribution in [3.8, 4) is 45.8 Å². The highest BCUT2D eigenvalue weighted by Crippen LogP contribution is 2.34. The monoisotopic (exact) mass is 724 g/mol. The summed E-state index contributed by atoms with van der Waals surface area (Å²) < 4.78 is 103. The molecule has 0 saturated carbocycles. The molecule has 0 aliphatic carbocycles. The van der Waals surface area contributed by atoms with Crippen LogP contribution in [0.3, 0.4) is 0 Å². The van der Waals surface area contributed by atoms with E-state index in [9.17, 15) is 35.9 Å². The van der Waals surface area contributed by atoms with E-state index in [0.29, 0.717) is 22.5 Å². The van der Waals surface area contributed by atoms with Gasteiger partial charge in [-0.2, -0.15) is 27.8 Å². The molecule has 270 valence electrons. The summed E-state index contributed by atoms with van der Waals surface area (Å²) in [5.41, 5.74) is 0.916. The summed E-state index contributed by atoms with van der Waals surface area (Å²) in [7, 11) is 7.05. The molecule has 0 atom stereocenters. The fourth-order valence-electron chi connectivity index (χ4n) is 4.33. The second kappa shape index (κ2) is 16.3. The van der Waals surface area contributed by atoms with Crippen LogP contribution in [0, 0.1) is 11.6 Å². The largest absolute Gasteiger partial charge is 0.496 e. The lowest BCUT2D eigenvalue weighted by Crippen LogP contribution is -2.15. The van der Waals surface area contributed by atoms with Gasteiger partial charge in [-0.25, -0.2) is 23.5 Å². The first-order chi connectivity index (χ1) is 24.3. The second-order valence-corrected chi connectivity index (χ2v) is 9.70. The van der Waals surface area contributed by atoms with Crippen molar-refractivity contribution in [2.75, 3.05) is 26.6 Å². The molecule has 0 fully saturated rings. The number of aromatic nitrogens is 7. The summed E-state index contributed by atoms with van der Waals surface area (Å²) in [6.07, 6.45) is 4.01. The van der Waals surface area contributed by atoms with E-state index in [2.05, 4.69) is 44.7 Å². The Balaban J connectivity index is 0.000000238. The predicted octanol–water partition coefficient (Wildman–Crippen LogP) is 4.90. The summed E-state index contributed by atoms with van der Waals surface area (Å²) in [6, 6.07) is 5.18. The third kappa shape index (κ3) is 8.99. The van der Waals surface area contributed by atoms with E-state index >= 15 is 0 Å². The van der Waals surface area contributed by atoms with Crippen LogP contribution in [0.4, 0.5) is 32.0 Å². The number of alkyl halides is 4. The molecule has 0 radical (unpaired) electrons. The Morgan fingerprint density at radius 3 is 1.59 bits per heavy atom. The van der Waals surface area contributed by atoms with Crippen LogP contribution in [0.2, 0.25) is 0 Å². The van der Waals surface area contributed by atoms with Crippen molar-refractivity contribution < 1.29 is 59.6 Å². The average Bonchev–Trinajstić information content (AvgIpc) is 3.67. The number of carbonyl (C=O) groups is 2. The first-order valence-corrected chi connectivity index (χ1v) is 14.0. The lowest BCUT2D eigenvalue weighted by atomic mass is 10.1. The number of nitrogens with zero attached hydrogens (tertiary/aromatic N) is 7. The molecule has 1 amide bonds. The topological polar surface area (TPSA) is 167 Å². The molecule has 21 heteroatoms. The average molecular weight is 725 g/mol. The molecular weight excluding hydrogens is 698 g/mol. The SMILES string of the molecule is COC(=O)c1cc(-c2cnc(OC(F)F)cc2OC)n(C)n1.COc1cc(OC(F)F)ncc1-c1cc(C(=O)Nc2c(F)cncc2F)nn1C. The standard InChI is InChI=1S/C17H13F4N5O3.C13H13F2N3O4/c1-26-12(8-5-23-14(29-17(20)21)4-13(8)28-2)3-11(25-26)16(27)24-15-9(18)6-22-7-10(15)19;1-18-9(4-8(17-18)12(19)21-3)7-6-16-11(22-13(14)15)5-10(7)20-2/h3-7,17H,1-2H3,(H,22,24,27);4-6,13H,1-3H3. The molecule has 15 nitrogen and oxygen atoms in total. The molecule has 0 unspecified atom stereocenters. The number of aryl methyl sites for hydroxylation is 2. The van der Waals surface area contributed by atoms with E-state index in [0.717, 1.165) is 18.5 Å². The molecule has 51 heavy (non-hydrogen) atoms. The summed E-state index contributed by atoms with van der Waals surface area (Å²) in [5, 5.41) is 10.1. The van der Waals surface area contributed by atoms with Crippen LogP contribution in [0.5, 0.6) is 23.3 Å². The van der Waals surface area contributed by atoms with Crippen molar-refractivity contribution in [3.63, 3.8) is 0 Å². The molecule has 0 bridgehead atoms. The van der Waals surface area contributed by atoms with Crippen molar-refractivity contribution >= 4 is 17.6 Å². The Morgan fingerprint density at radius 2 is 1.16 bits per heavy atom. The molecular formula is C30H26F6N8O7. The van der Waals surface area contributed by atoms with Crippen molar-refractivity contribution in [1.29, 1.82) is 0 Å². The lowest BCUT2D eigenvalue weighted by Gasteiger charge is -2.10. The van der Waals surface area contributed by atoms with Gasteiger partial charge in [0.25, 0.3) is 5.91 Å². The highest BCUT2D eigenvalue weighted by atomic mass is 19.3. The molecule has 5 heterocycles. The molecule has 0 aliphatic rings. The summed E-state index contributed by atoms with van der Waals surface area (Å²) >= 11 is 0. The van der Waals surface area contributed by atoms with Crippen molar-refractivity contribution in [1.82, 2.24) is 34.5 Å². The minimum Gasteiger partial charge on any atom is -0.496 e. The van der Waals surface area contributed by atoms with Crippen molar-refractivity contribution in [2.45, 2.75) is 13.2 Å². The van der Waals surface area contributed by atoms with E-state index in [1.54, 1.807) is 7.05 Å². The van der Waals surface area contributed by atoms with Gasteiger partial charge in [-0.1, -0.05) is 0 Å². The number of hydrogen-bond acceptors (Lipinski definition) is 12. The molecule has 5 rings (SSSR count). The molecule has 5 aromatic heterocycles. The van der Waals surface area contributed by atoms with E-state index in [-0.39, 0.29) is 34.6 Å². The van der Waals surface area contributed by atoms with Crippen LogP contribution >= 0.6 is 0 Å². The lowest BCUT2D eigenvalue weighted by molar-refractivity contribution is -0.0536. The molecule has 1 N–H and O–H groups in total. The van der Waals surface area contributed by atoms with Crippen LogP contribution < -0.4 is 24.3 Å². The highest BCUT2D eigenvalue weighted by molar-refractivity contribution is 6.03. The van der Waals surface area contributed by atoms with Crippen LogP contribution in [-0.4, -0.2) is 80.9 Å². The number of methoxy groups -OCH3 is 3. The van der Waals surface area contributed by atoms with Crippen LogP contribution in [0.1, 0.15) is 21.0 Å². The maximum absolute atomic E-state index is 13.7. The van der Waals surface area contributed by atoms with Crippen LogP contribution in [-0.2, 0) is 18.8 Å². The quantitative estimate of drug-likeness (QED) is 0.145. The van der Waals surface area contributed by atoms with Gasteiger partial charge >= 0.3 is 19.2 Å². The number of halogens is 6. The first kappa shape index (κ1) is 37.4. The van der Waals surface area contributed by atoms with Gasteiger partial charge in [0.1, 0.15) is 17.2 Å². The number of carbonyl (C=O) groups excluding carboxylic acids is 2. The maximum atomic E-state index is 13.7. The van der Waals surface area contributed by atoms with Gasteiger partial charge in [0.05, 0.1) is 56.2 Å². The zero-order chi connectivity index (χ0) is 37.4. The summed E-state index contributed by atoms with van der Waals surface area (Å²) in [4.78, 5) is 34.7. The number of ether oxygens (including phenoxy) is 5. The van der Waals surface area contributed by atoms with E-state index < -0.39 is 42.4 Å². The zero-order valence-electron chi connectivity index (χ0n) is 27.0. The Kier molecular flexibility index (Phi) is 12.0. The van der Waals surface area contributed by atoms with E-state index in [4.69, 9.17) is 9.47 Å². The number of esters is 1. The second-order valence-electron chi connectivity index (χ2n) is 9.70. The third-order valence-electron chi connectivity index (χ3n) is 6.57. The molecule has 0 aromatic carbocycles. The summed E-state index contributed by atoms with van der Waals surface area (Å²) in [5.74, 6) is -3.80. The van der Waals surface area contributed by atoms with Crippen LogP contribution in [0.25, 0.3) is 22.5 Å². The fourth-order valence-corrected chi connectivity index (χ4v) is 4.33. The summed E-state index contributed by atoms with van der Waals surface area (Å²) in [6.45, 7) is -6.04. The minimum absolute atomic E-state index is 0.106. The molecule has 5 aromatic rings. The number of rotatable bonds is 11. The fraction of sp³-hybridized carbons (Fsp3) is 0.233. The first-order valence-electron chi connectivity index (χ1n) is 14.0. The number of hydrogen-bond donors (Lipinski definition) is 1. The van der Waals surface area contributed by atoms with Crippen molar-refractivity contribution in [2.24, 2.45) is 14.1 Å². The van der Waals surface area contributed by atoms with Crippen molar-refractivity contribution in [3.05, 3.63) is 72.1 Å². The van der Waals surface area contributed by atoms with Crippen LogP contribution in [0.15, 0.2) is 49.1 Å². The van der Waals surface area contributed by atoms with Gasteiger partial charge in [-0.05, 0) is 12.1 Å². The molecule has 0 saturated heterocycles. The van der Waals surface area contributed by atoms with Gasteiger partial charge in [-0.15, -0.1) is 0 Å². The number of pyridine rings is 3. The number of anilines is 1. The molecule has 0 spiro atoms. The van der Waals surface area contributed by atoms with E-state index in [1.807, 2.05) is 0 Å². The van der Waals surface area contributed by atoms with Gasteiger partial charge in [0.2, 0.25) is 11.8 Å².